The molecule has 1 fully saturated rings. The summed E-state index contributed by atoms with van der Waals surface area (Å²) in [5.74, 6) is 0.488. The summed E-state index contributed by atoms with van der Waals surface area (Å²) >= 11 is 0. The molecule has 1 aliphatic carbocycles. The molecule has 4 heteroatoms. The number of carbonyl (C=O) groups is 1. The zero-order valence-corrected chi connectivity index (χ0v) is 11.6. The fourth-order valence-corrected chi connectivity index (χ4v) is 1.96. The summed E-state index contributed by atoms with van der Waals surface area (Å²) in [6.45, 7) is 4.97. The van der Waals surface area contributed by atoms with Gasteiger partial charge in [-0.1, -0.05) is 26.0 Å². The van der Waals surface area contributed by atoms with Crippen LogP contribution in [-0.2, 0) is 0 Å². The molecule has 0 aromatic heterocycles. The Morgan fingerprint density at radius 2 is 1.95 bits per heavy atom. The number of amides is 2. The van der Waals surface area contributed by atoms with E-state index in [1.54, 1.807) is 0 Å². The van der Waals surface area contributed by atoms with Crippen LogP contribution in [-0.4, -0.2) is 24.3 Å². The molecule has 0 saturated heterocycles. The van der Waals surface area contributed by atoms with E-state index in [0.29, 0.717) is 12.5 Å². The van der Waals surface area contributed by atoms with Crippen molar-refractivity contribution >= 4 is 11.7 Å². The number of hydrogen-bond donors (Lipinski definition) is 3. The quantitative estimate of drug-likeness (QED) is 0.764. The lowest BCUT2D eigenvalue weighted by Gasteiger charge is -2.13. The molecule has 0 radical (unpaired) electrons. The number of hydrogen-bond acceptors (Lipinski definition) is 2. The van der Waals surface area contributed by atoms with Gasteiger partial charge in [-0.05, 0) is 36.5 Å². The zero-order valence-electron chi connectivity index (χ0n) is 11.6. The van der Waals surface area contributed by atoms with E-state index in [4.69, 9.17) is 5.11 Å². The maximum atomic E-state index is 11.7. The largest absolute Gasteiger partial charge is 0.396 e. The zero-order chi connectivity index (χ0) is 13.9. The number of carbonyl (C=O) groups excluding carboxylic acids is 1. The minimum absolute atomic E-state index is 0.0567. The van der Waals surface area contributed by atoms with Crippen LogP contribution in [0, 0.1) is 5.41 Å². The molecule has 2 rings (SSSR count). The van der Waals surface area contributed by atoms with E-state index in [-0.39, 0.29) is 18.1 Å². The highest BCUT2D eigenvalue weighted by atomic mass is 16.3. The van der Waals surface area contributed by atoms with Crippen molar-refractivity contribution in [3.8, 4) is 0 Å². The van der Waals surface area contributed by atoms with Gasteiger partial charge in [0.15, 0.2) is 0 Å². The fraction of sp³-hybridized carbons (Fsp3) is 0.533. The number of urea groups is 1. The predicted molar refractivity (Wildman–Crippen MR) is 76.3 cm³/mol. The van der Waals surface area contributed by atoms with Gasteiger partial charge in [-0.2, -0.15) is 0 Å². The molecule has 0 atom stereocenters. The average molecular weight is 262 g/mol. The lowest BCUT2D eigenvalue weighted by molar-refractivity contribution is 0.206. The highest BCUT2D eigenvalue weighted by Gasteiger charge is 2.42. The van der Waals surface area contributed by atoms with E-state index in [0.717, 1.165) is 18.5 Å². The lowest BCUT2D eigenvalue weighted by atomic mass is 10.0. The van der Waals surface area contributed by atoms with E-state index in [9.17, 15) is 4.79 Å². The molecule has 1 aliphatic rings. The smallest absolute Gasteiger partial charge is 0.319 e. The number of anilines is 1. The van der Waals surface area contributed by atoms with Crippen LogP contribution in [0.5, 0.6) is 0 Å². The molecular formula is C15H22N2O2. The number of aliphatic hydroxyl groups is 1. The van der Waals surface area contributed by atoms with Gasteiger partial charge in [0.25, 0.3) is 0 Å². The summed E-state index contributed by atoms with van der Waals surface area (Å²) < 4.78 is 0. The molecule has 104 valence electrons. The monoisotopic (exact) mass is 262 g/mol. The Kier molecular flexibility index (Phi) is 4.10. The van der Waals surface area contributed by atoms with Gasteiger partial charge < -0.3 is 15.7 Å². The van der Waals surface area contributed by atoms with Crippen molar-refractivity contribution in [3.63, 3.8) is 0 Å². The second kappa shape index (κ2) is 5.61. The summed E-state index contributed by atoms with van der Waals surface area (Å²) in [6, 6.07) is 7.66. The van der Waals surface area contributed by atoms with Crippen LogP contribution in [0.25, 0.3) is 0 Å². The van der Waals surface area contributed by atoms with E-state index in [2.05, 4.69) is 24.5 Å². The Labute approximate surface area is 114 Å². The summed E-state index contributed by atoms with van der Waals surface area (Å²) in [4.78, 5) is 11.7. The van der Waals surface area contributed by atoms with E-state index >= 15 is 0 Å². The first kappa shape index (κ1) is 13.9. The molecule has 0 spiro atoms. The third kappa shape index (κ3) is 3.70. The average Bonchev–Trinajstić information content (AvgIpc) is 3.18. The second-order valence-corrected chi connectivity index (χ2v) is 5.74. The standard InChI is InChI=1S/C15H22N2O2/c1-11(2)12-3-5-13(6-4-12)17-14(19)16-9-15(10-18)7-8-15/h3-6,11,18H,7-10H2,1-2H3,(H2,16,17,19). The Morgan fingerprint density at radius 1 is 1.32 bits per heavy atom. The third-order valence-corrected chi connectivity index (χ3v) is 3.75. The van der Waals surface area contributed by atoms with Crippen LogP contribution < -0.4 is 10.6 Å². The van der Waals surface area contributed by atoms with E-state index < -0.39 is 0 Å². The number of rotatable bonds is 5. The topological polar surface area (TPSA) is 61.4 Å². The van der Waals surface area contributed by atoms with Crippen molar-refractivity contribution in [1.82, 2.24) is 5.32 Å². The summed E-state index contributed by atoms with van der Waals surface area (Å²) in [6.07, 6.45) is 1.99. The van der Waals surface area contributed by atoms with Crippen molar-refractivity contribution in [1.29, 1.82) is 0 Å². The van der Waals surface area contributed by atoms with Gasteiger partial charge in [0.2, 0.25) is 0 Å². The Bertz CT molecular complexity index is 436. The maximum absolute atomic E-state index is 11.7. The molecule has 2 amide bonds. The van der Waals surface area contributed by atoms with Crippen molar-refractivity contribution in [2.75, 3.05) is 18.5 Å². The fourth-order valence-electron chi connectivity index (χ4n) is 1.96. The van der Waals surface area contributed by atoms with Gasteiger partial charge in [0.1, 0.15) is 0 Å². The van der Waals surface area contributed by atoms with Gasteiger partial charge >= 0.3 is 6.03 Å². The summed E-state index contributed by atoms with van der Waals surface area (Å²) in [5.41, 5.74) is 1.98. The molecule has 19 heavy (non-hydrogen) atoms. The maximum Gasteiger partial charge on any atom is 0.319 e. The Balaban J connectivity index is 1.81. The van der Waals surface area contributed by atoms with Gasteiger partial charge in [0, 0.05) is 17.6 Å². The first-order chi connectivity index (χ1) is 9.04. The second-order valence-electron chi connectivity index (χ2n) is 5.74. The minimum atomic E-state index is -0.211. The molecule has 0 heterocycles. The lowest BCUT2D eigenvalue weighted by Crippen LogP contribution is -2.35. The van der Waals surface area contributed by atoms with Crippen LogP contribution in [0.3, 0.4) is 0 Å². The van der Waals surface area contributed by atoms with Crippen LogP contribution >= 0.6 is 0 Å². The molecule has 0 unspecified atom stereocenters. The summed E-state index contributed by atoms with van der Waals surface area (Å²) in [5, 5.41) is 14.8. The SMILES string of the molecule is CC(C)c1ccc(NC(=O)NCC2(CO)CC2)cc1. The minimum Gasteiger partial charge on any atom is -0.396 e. The number of nitrogens with one attached hydrogen (secondary N) is 2. The van der Waals surface area contributed by atoms with Crippen LogP contribution in [0.15, 0.2) is 24.3 Å². The van der Waals surface area contributed by atoms with Crippen molar-refractivity contribution in [2.24, 2.45) is 5.41 Å². The van der Waals surface area contributed by atoms with Gasteiger partial charge in [0.05, 0.1) is 6.61 Å². The third-order valence-electron chi connectivity index (χ3n) is 3.75. The van der Waals surface area contributed by atoms with Gasteiger partial charge in [-0.25, -0.2) is 4.79 Å². The normalized spacial score (nSPS) is 16.2. The highest BCUT2D eigenvalue weighted by molar-refractivity contribution is 5.89. The van der Waals surface area contributed by atoms with Gasteiger partial charge in [-0.15, -0.1) is 0 Å². The van der Waals surface area contributed by atoms with E-state index in [1.165, 1.54) is 5.56 Å². The Morgan fingerprint density at radius 3 is 2.42 bits per heavy atom. The number of aliphatic hydroxyl groups excluding tert-OH is 1. The molecule has 4 nitrogen and oxygen atoms in total. The van der Waals surface area contributed by atoms with E-state index in [1.807, 2.05) is 24.3 Å². The van der Waals surface area contributed by atoms with Crippen molar-refractivity contribution in [3.05, 3.63) is 29.8 Å². The van der Waals surface area contributed by atoms with Crippen molar-refractivity contribution < 1.29 is 9.90 Å². The number of benzene rings is 1. The van der Waals surface area contributed by atoms with Crippen molar-refractivity contribution in [2.45, 2.75) is 32.6 Å². The molecule has 3 N–H and O–H groups in total. The van der Waals surface area contributed by atoms with Crippen LogP contribution in [0.4, 0.5) is 10.5 Å². The molecule has 1 saturated carbocycles. The van der Waals surface area contributed by atoms with Gasteiger partial charge in [-0.3, -0.25) is 0 Å². The van der Waals surface area contributed by atoms with Crippen LogP contribution in [0.2, 0.25) is 0 Å². The first-order valence-corrected chi connectivity index (χ1v) is 6.80. The highest BCUT2D eigenvalue weighted by Crippen LogP contribution is 2.44. The Hall–Kier alpha value is -1.55. The predicted octanol–water partition coefficient (Wildman–Crippen LogP) is 2.70. The van der Waals surface area contributed by atoms with Crippen LogP contribution in [0.1, 0.15) is 38.2 Å². The molecule has 1 aromatic rings. The first-order valence-electron chi connectivity index (χ1n) is 6.80. The molecule has 0 aliphatic heterocycles. The molecule has 1 aromatic carbocycles. The molecular weight excluding hydrogens is 240 g/mol. The summed E-state index contributed by atoms with van der Waals surface area (Å²) in [7, 11) is 0. The molecule has 0 bridgehead atoms.